The highest BCUT2D eigenvalue weighted by Crippen LogP contribution is 2.40. The third-order valence-electron chi connectivity index (χ3n) is 6.39. The molecule has 0 atom stereocenters. The highest BCUT2D eigenvalue weighted by atomic mass is 32.2. The number of ether oxygens (including phenoxy) is 2. The molecule has 4 rings (SSSR count). The molecule has 0 fully saturated rings. The van der Waals surface area contributed by atoms with Crippen molar-refractivity contribution in [2.24, 2.45) is 0 Å². The lowest BCUT2D eigenvalue weighted by molar-refractivity contribution is 0.0962. The van der Waals surface area contributed by atoms with Crippen LogP contribution >= 0.6 is 0 Å². The van der Waals surface area contributed by atoms with Crippen molar-refractivity contribution < 1.29 is 27.5 Å². The molecular formula is C31H34N4O6S. The Labute approximate surface area is 245 Å². The van der Waals surface area contributed by atoms with Crippen LogP contribution in [0, 0.1) is 0 Å². The van der Waals surface area contributed by atoms with Gasteiger partial charge >= 0.3 is 6.03 Å². The topological polar surface area (TPSA) is 135 Å². The highest BCUT2D eigenvalue weighted by molar-refractivity contribution is 7.92. The van der Waals surface area contributed by atoms with Gasteiger partial charge < -0.3 is 25.4 Å². The number of amides is 3. The molecule has 0 aromatic heterocycles. The maximum absolute atomic E-state index is 13.3. The molecule has 10 nitrogen and oxygen atoms in total. The summed E-state index contributed by atoms with van der Waals surface area (Å²) in [5.74, 6) is 0.988. The van der Waals surface area contributed by atoms with Crippen LogP contribution in [0.3, 0.4) is 0 Å². The van der Waals surface area contributed by atoms with E-state index in [0.29, 0.717) is 28.4 Å². The maximum Gasteiger partial charge on any atom is 0.323 e. The van der Waals surface area contributed by atoms with Gasteiger partial charge in [0.25, 0.3) is 5.91 Å². The molecule has 0 heterocycles. The Balaban J connectivity index is 1.65. The van der Waals surface area contributed by atoms with Crippen molar-refractivity contribution in [3.05, 3.63) is 83.9 Å². The van der Waals surface area contributed by atoms with E-state index in [0.717, 1.165) is 22.6 Å². The second-order valence-corrected chi connectivity index (χ2v) is 12.4. The van der Waals surface area contributed by atoms with E-state index in [-0.39, 0.29) is 22.8 Å². The second-order valence-electron chi connectivity index (χ2n) is 10.7. The lowest BCUT2D eigenvalue weighted by Gasteiger charge is -2.24. The van der Waals surface area contributed by atoms with Gasteiger partial charge in [0.2, 0.25) is 10.0 Å². The fourth-order valence-corrected chi connectivity index (χ4v) is 4.92. The van der Waals surface area contributed by atoms with E-state index in [9.17, 15) is 18.0 Å². The molecule has 4 N–H and O–H groups in total. The Morgan fingerprint density at radius 1 is 0.810 bits per heavy atom. The van der Waals surface area contributed by atoms with Crippen LogP contribution < -0.4 is 30.1 Å². The Bertz CT molecular complexity index is 1760. The van der Waals surface area contributed by atoms with Gasteiger partial charge in [-0.3, -0.25) is 9.52 Å². The van der Waals surface area contributed by atoms with Crippen LogP contribution in [0.2, 0.25) is 0 Å². The fourth-order valence-electron chi connectivity index (χ4n) is 4.37. The molecular weight excluding hydrogens is 556 g/mol. The molecule has 0 unspecified atom stereocenters. The summed E-state index contributed by atoms with van der Waals surface area (Å²) in [7, 11) is -0.649. The van der Waals surface area contributed by atoms with Gasteiger partial charge in [0.05, 0.1) is 30.4 Å². The molecule has 4 aromatic carbocycles. The third-order valence-corrected chi connectivity index (χ3v) is 6.98. The standard InChI is InChI=1S/C31H34N4O6S/c1-31(2,3)20-17-25(28(40-5)26(18-20)35-42(6,38)39)34-30(37)33-24-14-15-27(23-13-8-7-12-22(23)24)41-21-11-9-10-19(16-21)29(36)32-4/h7-18,35H,1-6H3,(H,32,36)(H2,33,34,37). The molecule has 220 valence electrons. The normalized spacial score (nSPS) is 11.5. The first-order valence-corrected chi connectivity index (χ1v) is 15.0. The average Bonchev–Trinajstić information content (AvgIpc) is 2.92. The van der Waals surface area contributed by atoms with Crippen molar-refractivity contribution in [1.82, 2.24) is 5.32 Å². The number of rotatable bonds is 8. The van der Waals surface area contributed by atoms with Gasteiger partial charge in [0.15, 0.2) is 5.75 Å². The van der Waals surface area contributed by atoms with E-state index in [2.05, 4.69) is 20.7 Å². The fraction of sp³-hybridized carbons (Fsp3) is 0.226. The van der Waals surface area contributed by atoms with Crippen LogP contribution in [-0.4, -0.2) is 40.8 Å². The van der Waals surface area contributed by atoms with Crippen molar-refractivity contribution in [1.29, 1.82) is 0 Å². The molecule has 0 bridgehead atoms. The summed E-state index contributed by atoms with van der Waals surface area (Å²) in [5, 5.41) is 9.76. The van der Waals surface area contributed by atoms with Gasteiger partial charge in [0.1, 0.15) is 11.5 Å². The first-order valence-electron chi connectivity index (χ1n) is 13.1. The van der Waals surface area contributed by atoms with Crippen molar-refractivity contribution >= 4 is 49.8 Å². The number of nitrogens with one attached hydrogen (secondary N) is 4. The summed E-state index contributed by atoms with van der Waals surface area (Å²) >= 11 is 0. The first kappa shape index (κ1) is 30.2. The molecule has 0 aliphatic carbocycles. The number of carbonyl (C=O) groups excluding carboxylic acids is 2. The number of sulfonamides is 1. The quantitative estimate of drug-likeness (QED) is 0.190. The Hall–Kier alpha value is -4.77. The van der Waals surface area contributed by atoms with Gasteiger partial charge in [-0.2, -0.15) is 0 Å². The summed E-state index contributed by atoms with van der Waals surface area (Å²) in [5.41, 5.74) is 1.95. The van der Waals surface area contributed by atoms with Crippen LogP contribution in [-0.2, 0) is 15.4 Å². The number of carbonyl (C=O) groups is 2. The van der Waals surface area contributed by atoms with Gasteiger partial charge in [0, 0.05) is 23.4 Å². The van der Waals surface area contributed by atoms with Gasteiger partial charge in [-0.15, -0.1) is 0 Å². The monoisotopic (exact) mass is 590 g/mol. The molecule has 0 radical (unpaired) electrons. The predicted octanol–water partition coefficient (Wildman–Crippen LogP) is 6.31. The van der Waals surface area contributed by atoms with Crippen LogP contribution in [0.4, 0.5) is 21.9 Å². The number of hydrogen-bond donors (Lipinski definition) is 4. The van der Waals surface area contributed by atoms with Crippen molar-refractivity contribution in [2.45, 2.75) is 26.2 Å². The SMILES string of the molecule is CNC(=O)c1cccc(Oc2ccc(NC(=O)Nc3cc(C(C)(C)C)cc(NS(C)(=O)=O)c3OC)c3ccccc23)c1. The minimum absolute atomic E-state index is 0.177. The number of urea groups is 1. The zero-order valence-electron chi connectivity index (χ0n) is 24.3. The molecule has 0 saturated heterocycles. The van der Waals surface area contributed by atoms with E-state index >= 15 is 0 Å². The first-order chi connectivity index (χ1) is 19.8. The lowest BCUT2D eigenvalue weighted by Crippen LogP contribution is -2.22. The predicted molar refractivity (Wildman–Crippen MR) is 167 cm³/mol. The molecule has 11 heteroatoms. The number of hydrogen-bond acceptors (Lipinski definition) is 6. The summed E-state index contributed by atoms with van der Waals surface area (Å²) in [6.07, 6.45) is 1.05. The minimum Gasteiger partial charge on any atom is -0.492 e. The van der Waals surface area contributed by atoms with Gasteiger partial charge in [-0.25, -0.2) is 13.2 Å². The van der Waals surface area contributed by atoms with E-state index in [1.165, 1.54) is 7.11 Å². The van der Waals surface area contributed by atoms with Crippen molar-refractivity contribution in [3.63, 3.8) is 0 Å². The van der Waals surface area contributed by atoms with Crippen molar-refractivity contribution in [2.75, 3.05) is 35.8 Å². The van der Waals surface area contributed by atoms with Gasteiger partial charge in [-0.1, -0.05) is 51.1 Å². The molecule has 0 aliphatic rings. The third kappa shape index (κ3) is 7.10. The summed E-state index contributed by atoms with van der Waals surface area (Å²) in [6.45, 7) is 5.94. The molecule has 4 aromatic rings. The Morgan fingerprint density at radius 3 is 2.12 bits per heavy atom. The smallest absolute Gasteiger partial charge is 0.323 e. The van der Waals surface area contributed by atoms with Crippen LogP contribution in [0.25, 0.3) is 10.8 Å². The van der Waals surface area contributed by atoms with Crippen LogP contribution in [0.15, 0.2) is 72.8 Å². The van der Waals surface area contributed by atoms with E-state index in [4.69, 9.17) is 9.47 Å². The number of fused-ring (bicyclic) bond motifs is 1. The summed E-state index contributed by atoms with van der Waals surface area (Å²) < 4.78 is 38.2. The Kier molecular flexibility index (Phi) is 8.62. The average molecular weight is 591 g/mol. The number of anilines is 3. The summed E-state index contributed by atoms with van der Waals surface area (Å²) in [4.78, 5) is 25.3. The van der Waals surface area contributed by atoms with Gasteiger partial charge in [-0.05, 0) is 53.4 Å². The summed E-state index contributed by atoms with van der Waals surface area (Å²) in [6, 6.07) is 20.6. The van der Waals surface area contributed by atoms with E-state index in [1.807, 2.05) is 45.0 Å². The zero-order valence-corrected chi connectivity index (χ0v) is 25.1. The Morgan fingerprint density at radius 2 is 1.48 bits per heavy atom. The maximum atomic E-state index is 13.3. The molecule has 0 spiro atoms. The molecule has 3 amide bonds. The van der Waals surface area contributed by atoms with E-state index in [1.54, 1.807) is 55.6 Å². The molecule has 42 heavy (non-hydrogen) atoms. The van der Waals surface area contributed by atoms with Crippen LogP contribution in [0.1, 0.15) is 36.7 Å². The number of benzene rings is 4. The molecule has 0 saturated carbocycles. The van der Waals surface area contributed by atoms with Crippen LogP contribution in [0.5, 0.6) is 17.2 Å². The highest BCUT2D eigenvalue weighted by Gasteiger charge is 2.22. The minimum atomic E-state index is -3.62. The van der Waals surface area contributed by atoms with Crippen molar-refractivity contribution in [3.8, 4) is 17.2 Å². The van der Waals surface area contributed by atoms with E-state index < -0.39 is 16.1 Å². The zero-order chi connectivity index (χ0) is 30.7. The lowest BCUT2D eigenvalue weighted by atomic mass is 9.86. The molecule has 0 aliphatic heterocycles. The number of methoxy groups -OCH3 is 1. The largest absolute Gasteiger partial charge is 0.492 e. The second kappa shape index (κ2) is 12.0.